The fraction of sp³-hybridized carbons (Fsp3) is 0.333. The fourth-order valence-electron chi connectivity index (χ4n) is 2.97. The molecule has 5 nitrogen and oxygen atoms in total. The Balaban J connectivity index is 1.56. The number of phenols is 1. The van der Waals surface area contributed by atoms with Gasteiger partial charge in [-0.05, 0) is 42.5 Å². The highest BCUT2D eigenvalue weighted by molar-refractivity contribution is 7.91. The lowest BCUT2D eigenvalue weighted by atomic mass is 10.2. The molecule has 1 heterocycles. The minimum Gasteiger partial charge on any atom is -0.508 e. The number of hydrogen-bond acceptors (Lipinski definition) is 5. The Hall–Kier alpha value is -1.47. The van der Waals surface area contributed by atoms with Crippen LogP contribution >= 0.6 is 23.2 Å². The predicted octanol–water partition coefficient (Wildman–Crippen LogP) is 3.29. The molecular formula is C18H20Cl2N2O3S. The van der Waals surface area contributed by atoms with E-state index >= 15 is 0 Å². The van der Waals surface area contributed by atoms with E-state index in [-0.39, 0.29) is 21.4 Å². The molecule has 0 aromatic heterocycles. The van der Waals surface area contributed by atoms with Crippen LogP contribution in [0, 0.1) is 0 Å². The van der Waals surface area contributed by atoms with Crippen LogP contribution in [0.5, 0.6) is 5.75 Å². The van der Waals surface area contributed by atoms with Gasteiger partial charge in [0, 0.05) is 43.4 Å². The molecule has 1 saturated heterocycles. The second-order valence-corrected chi connectivity index (χ2v) is 9.16. The van der Waals surface area contributed by atoms with Crippen LogP contribution in [0.3, 0.4) is 0 Å². The van der Waals surface area contributed by atoms with E-state index in [2.05, 4.69) is 9.80 Å². The molecule has 0 aliphatic carbocycles. The number of aromatic hydroxyl groups is 1. The van der Waals surface area contributed by atoms with Crippen molar-refractivity contribution >= 4 is 38.7 Å². The van der Waals surface area contributed by atoms with Crippen molar-refractivity contribution in [3.63, 3.8) is 0 Å². The number of rotatable bonds is 5. The third-order valence-electron chi connectivity index (χ3n) is 4.49. The first kappa shape index (κ1) is 19.3. The molecule has 0 bridgehead atoms. The molecule has 1 aliphatic rings. The summed E-state index contributed by atoms with van der Waals surface area (Å²) in [4.78, 5) is 4.44. The smallest absolute Gasteiger partial charge is 0.181 e. The van der Waals surface area contributed by atoms with Gasteiger partial charge in [-0.15, -0.1) is 0 Å². The number of anilines is 1. The molecule has 1 fully saturated rings. The number of benzene rings is 2. The maximum absolute atomic E-state index is 12.6. The Bertz CT molecular complexity index is 865. The van der Waals surface area contributed by atoms with Crippen molar-refractivity contribution < 1.29 is 13.5 Å². The number of halogens is 2. The Labute approximate surface area is 163 Å². The summed E-state index contributed by atoms with van der Waals surface area (Å²) in [5, 5.41) is 9.93. The minimum absolute atomic E-state index is 0.00622. The molecule has 0 atom stereocenters. The molecule has 140 valence electrons. The summed E-state index contributed by atoms with van der Waals surface area (Å²) in [7, 11) is -3.48. The molecule has 2 aromatic rings. The van der Waals surface area contributed by atoms with Gasteiger partial charge in [0.05, 0.1) is 15.7 Å². The zero-order valence-electron chi connectivity index (χ0n) is 14.1. The first-order chi connectivity index (χ1) is 12.3. The summed E-state index contributed by atoms with van der Waals surface area (Å²) in [6.45, 7) is 3.62. The minimum atomic E-state index is -3.48. The zero-order chi connectivity index (χ0) is 18.7. The van der Waals surface area contributed by atoms with Crippen LogP contribution in [0.25, 0.3) is 0 Å². The summed E-state index contributed by atoms with van der Waals surface area (Å²) < 4.78 is 25.1. The second-order valence-electron chi connectivity index (χ2n) is 6.24. The van der Waals surface area contributed by atoms with Crippen molar-refractivity contribution in [3.05, 3.63) is 52.5 Å². The lowest BCUT2D eigenvalue weighted by molar-refractivity contribution is 0.272. The topological polar surface area (TPSA) is 60.9 Å². The van der Waals surface area contributed by atoms with Crippen LogP contribution in [0.2, 0.25) is 10.0 Å². The van der Waals surface area contributed by atoms with Crippen LogP contribution in [0.4, 0.5) is 5.69 Å². The van der Waals surface area contributed by atoms with E-state index < -0.39 is 9.84 Å². The average molecular weight is 415 g/mol. The van der Waals surface area contributed by atoms with Crippen molar-refractivity contribution in [2.24, 2.45) is 0 Å². The van der Waals surface area contributed by atoms with E-state index in [0.717, 1.165) is 31.9 Å². The first-order valence-corrected chi connectivity index (χ1v) is 10.7. The van der Waals surface area contributed by atoms with Gasteiger partial charge in [-0.25, -0.2) is 8.42 Å². The number of nitrogens with zero attached hydrogens (tertiary/aromatic N) is 2. The van der Waals surface area contributed by atoms with Crippen molar-refractivity contribution in [1.29, 1.82) is 0 Å². The van der Waals surface area contributed by atoms with Gasteiger partial charge in [0.25, 0.3) is 0 Å². The third-order valence-corrected chi connectivity index (χ3v) is 6.90. The molecule has 3 rings (SSSR count). The summed E-state index contributed by atoms with van der Waals surface area (Å²) in [5.41, 5.74) is 1.06. The molecule has 2 aromatic carbocycles. The number of phenolic OH excluding ortho intramolecular Hbond substituents is 1. The van der Waals surface area contributed by atoms with E-state index in [0.29, 0.717) is 11.6 Å². The van der Waals surface area contributed by atoms with Crippen LogP contribution in [0.1, 0.15) is 0 Å². The van der Waals surface area contributed by atoms with Crippen LogP contribution in [-0.4, -0.2) is 56.9 Å². The highest BCUT2D eigenvalue weighted by Gasteiger charge is 2.22. The van der Waals surface area contributed by atoms with E-state index in [1.165, 1.54) is 12.1 Å². The maximum atomic E-state index is 12.6. The Morgan fingerprint density at radius 3 is 2.27 bits per heavy atom. The molecule has 0 unspecified atom stereocenters. The summed E-state index contributed by atoms with van der Waals surface area (Å²) in [6.07, 6.45) is 0. The molecule has 0 saturated carbocycles. The van der Waals surface area contributed by atoms with Gasteiger partial charge in [-0.1, -0.05) is 23.2 Å². The number of hydrogen-bond donors (Lipinski definition) is 1. The Morgan fingerprint density at radius 1 is 0.962 bits per heavy atom. The van der Waals surface area contributed by atoms with E-state index in [1.54, 1.807) is 18.2 Å². The number of sulfone groups is 1. The molecular weight excluding hydrogens is 395 g/mol. The van der Waals surface area contributed by atoms with Crippen molar-refractivity contribution in [3.8, 4) is 5.75 Å². The van der Waals surface area contributed by atoms with Crippen LogP contribution < -0.4 is 4.90 Å². The Morgan fingerprint density at radius 2 is 1.62 bits per heavy atom. The monoisotopic (exact) mass is 414 g/mol. The van der Waals surface area contributed by atoms with Crippen molar-refractivity contribution in [2.75, 3.05) is 43.4 Å². The lowest BCUT2D eigenvalue weighted by Crippen LogP contribution is -2.47. The predicted molar refractivity (Wildman–Crippen MR) is 105 cm³/mol. The van der Waals surface area contributed by atoms with E-state index in [4.69, 9.17) is 23.2 Å². The SMILES string of the molecule is O=S(=O)(CCN1CCN(c2ccc(O)cc2)CC1)c1cc(Cl)ccc1Cl. The summed E-state index contributed by atoms with van der Waals surface area (Å²) in [6, 6.07) is 11.6. The van der Waals surface area contributed by atoms with E-state index in [9.17, 15) is 13.5 Å². The Kier molecular flexibility index (Phi) is 5.97. The highest BCUT2D eigenvalue weighted by Crippen LogP contribution is 2.26. The molecule has 1 N–H and O–H groups in total. The van der Waals surface area contributed by atoms with E-state index in [1.807, 2.05) is 12.1 Å². The van der Waals surface area contributed by atoms with Gasteiger partial charge < -0.3 is 10.0 Å². The number of piperazine rings is 1. The summed E-state index contributed by atoms with van der Waals surface area (Å²) >= 11 is 11.9. The fourth-order valence-corrected chi connectivity index (χ4v) is 5.07. The normalized spacial score (nSPS) is 16.0. The van der Waals surface area contributed by atoms with Crippen molar-refractivity contribution in [1.82, 2.24) is 4.90 Å². The van der Waals surface area contributed by atoms with Gasteiger partial charge in [0.15, 0.2) is 9.84 Å². The molecule has 26 heavy (non-hydrogen) atoms. The maximum Gasteiger partial charge on any atom is 0.181 e. The molecule has 0 spiro atoms. The zero-order valence-corrected chi connectivity index (χ0v) is 16.4. The van der Waals surface area contributed by atoms with Crippen molar-refractivity contribution in [2.45, 2.75) is 4.90 Å². The third kappa shape index (κ3) is 4.62. The van der Waals surface area contributed by atoms with Crippen LogP contribution in [0.15, 0.2) is 47.4 Å². The molecule has 8 heteroatoms. The van der Waals surface area contributed by atoms with Gasteiger partial charge >= 0.3 is 0 Å². The second kappa shape index (κ2) is 8.05. The highest BCUT2D eigenvalue weighted by atomic mass is 35.5. The van der Waals surface area contributed by atoms with Gasteiger partial charge in [-0.3, -0.25) is 4.90 Å². The molecule has 0 radical (unpaired) electrons. The molecule has 0 amide bonds. The van der Waals surface area contributed by atoms with Gasteiger partial charge in [0.2, 0.25) is 0 Å². The first-order valence-electron chi connectivity index (χ1n) is 8.29. The molecule has 1 aliphatic heterocycles. The van der Waals surface area contributed by atoms with Crippen LogP contribution in [-0.2, 0) is 9.84 Å². The standard InChI is InChI=1S/C18H20Cl2N2O3S/c19-14-1-6-17(20)18(13-14)26(24,25)12-11-21-7-9-22(10-8-21)15-2-4-16(23)5-3-15/h1-6,13,23H,7-12H2. The largest absolute Gasteiger partial charge is 0.508 e. The van der Waals surface area contributed by atoms with Gasteiger partial charge in [-0.2, -0.15) is 0 Å². The lowest BCUT2D eigenvalue weighted by Gasteiger charge is -2.36. The quantitative estimate of drug-likeness (QED) is 0.812. The summed E-state index contributed by atoms with van der Waals surface area (Å²) in [5.74, 6) is 0.254. The average Bonchev–Trinajstić information content (AvgIpc) is 2.63. The van der Waals surface area contributed by atoms with Gasteiger partial charge in [0.1, 0.15) is 5.75 Å².